The van der Waals surface area contributed by atoms with Crippen LogP contribution in [0, 0.1) is 0 Å². The van der Waals surface area contributed by atoms with Crippen LogP contribution in [0.4, 0.5) is 0 Å². The highest BCUT2D eigenvalue weighted by molar-refractivity contribution is 7.99. The molecule has 1 heterocycles. The normalized spacial score (nSPS) is 11.1. The second-order valence-corrected chi connectivity index (χ2v) is 9.00. The molecule has 1 amide bonds. The molecule has 1 N–H and O–H groups in total. The minimum absolute atomic E-state index is 0.123. The fourth-order valence-electron chi connectivity index (χ4n) is 3.46. The van der Waals surface area contributed by atoms with Crippen molar-refractivity contribution in [1.82, 2.24) is 15.0 Å². The number of methoxy groups -OCH3 is 1. The van der Waals surface area contributed by atoms with E-state index in [0.717, 1.165) is 16.6 Å². The molecule has 0 spiro atoms. The lowest BCUT2D eigenvalue weighted by atomic mass is 10.2. The number of nitrogens with zero attached hydrogens (tertiary/aromatic N) is 3. The Hall–Kier alpha value is -3.82. The zero-order chi connectivity index (χ0) is 25.5. The average molecular weight is 523 g/mol. The maximum Gasteiger partial charge on any atom is 0.308 e. The van der Waals surface area contributed by atoms with Gasteiger partial charge in [-0.05, 0) is 47.5 Å². The summed E-state index contributed by atoms with van der Waals surface area (Å²) in [4.78, 5) is 28.3. The number of halogens is 1. The molecule has 0 aliphatic carbocycles. The first-order valence-corrected chi connectivity index (χ1v) is 12.3. The van der Waals surface area contributed by atoms with E-state index in [1.54, 1.807) is 18.2 Å². The van der Waals surface area contributed by atoms with Gasteiger partial charge in [-0.3, -0.25) is 9.59 Å². The van der Waals surface area contributed by atoms with Crippen LogP contribution in [-0.2, 0) is 16.1 Å². The Morgan fingerprint density at radius 1 is 1.11 bits per heavy atom. The third-order valence-electron chi connectivity index (χ3n) is 5.08. The fourth-order valence-corrected chi connectivity index (χ4v) is 4.46. The van der Waals surface area contributed by atoms with Crippen LogP contribution in [0.3, 0.4) is 0 Å². The molecule has 0 bridgehead atoms. The first kappa shape index (κ1) is 25.3. The van der Waals surface area contributed by atoms with E-state index < -0.39 is 5.97 Å². The van der Waals surface area contributed by atoms with Gasteiger partial charge in [0, 0.05) is 11.9 Å². The smallest absolute Gasteiger partial charge is 0.308 e. The number of ether oxygens (including phenoxy) is 2. The molecule has 1 aromatic heterocycles. The number of hydrogen-bond acceptors (Lipinski definition) is 7. The second kappa shape index (κ2) is 11.7. The molecule has 0 aliphatic rings. The highest BCUT2D eigenvalue weighted by Crippen LogP contribution is 2.28. The van der Waals surface area contributed by atoms with Crippen molar-refractivity contribution in [2.75, 3.05) is 12.9 Å². The molecule has 0 unspecified atom stereocenters. The zero-order valence-corrected chi connectivity index (χ0v) is 21.2. The fraction of sp³-hybridized carbons (Fsp3) is 0.154. The summed E-state index contributed by atoms with van der Waals surface area (Å²) in [6.07, 6.45) is 1.48. The molecular formula is C26H23ClN4O4S. The number of carbonyl (C=O) groups excluding carboxylic acids is 2. The van der Waals surface area contributed by atoms with Gasteiger partial charge in [0.15, 0.2) is 16.7 Å². The maximum atomic E-state index is 12.5. The van der Waals surface area contributed by atoms with E-state index in [-0.39, 0.29) is 11.7 Å². The Bertz CT molecular complexity index is 1440. The van der Waals surface area contributed by atoms with Crippen LogP contribution in [-0.4, -0.2) is 40.5 Å². The lowest BCUT2D eigenvalue weighted by Gasteiger charge is -2.10. The van der Waals surface area contributed by atoms with Crippen LogP contribution in [0.15, 0.2) is 77.0 Å². The summed E-state index contributed by atoms with van der Waals surface area (Å²) in [6.45, 7) is 1.85. The van der Waals surface area contributed by atoms with Gasteiger partial charge in [-0.15, -0.1) is 0 Å². The maximum absolute atomic E-state index is 12.5. The summed E-state index contributed by atoms with van der Waals surface area (Å²) >= 11 is 7.70. The summed E-state index contributed by atoms with van der Waals surface area (Å²) in [5.41, 5.74) is 5.96. The molecule has 184 valence electrons. The lowest BCUT2D eigenvalue weighted by molar-refractivity contribution is -0.132. The van der Waals surface area contributed by atoms with Gasteiger partial charge in [-0.25, -0.2) is 10.4 Å². The Labute approximate surface area is 217 Å². The molecule has 0 radical (unpaired) electrons. The van der Waals surface area contributed by atoms with Crippen LogP contribution in [0.1, 0.15) is 18.1 Å². The number of imidazole rings is 1. The molecule has 0 fully saturated rings. The van der Waals surface area contributed by atoms with Gasteiger partial charge in [-0.2, -0.15) is 5.10 Å². The number of carbonyl (C=O) groups is 2. The van der Waals surface area contributed by atoms with E-state index >= 15 is 0 Å². The van der Waals surface area contributed by atoms with Crippen molar-refractivity contribution < 1.29 is 19.1 Å². The molecule has 0 atom stereocenters. The number of para-hydroxylation sites is 2. The van der Waals surface area contributed by atoms with E-state index in [0.29, 0.717) is 33.8 Å². The standard InChI is InChI=1S/C26H23ClN4O4S/c1-17(32)35-23-12-11-18(13-24(23)34-2)14-28-30-25(33)16-36-26-29-21-9-5-6-10-22(21)31(26)15-19-7-3-4-8-20(19)27/h3-14H,15-16H2,1-2H3,(H,30,33)/b28-14+. The van der Waals surface area contributed by atoms with E-state index in [1.807, 2.05) is 48.5 Å². The molecule has 3 aromatic carbocycles. The van der Waals surface area contributed by atoms with Gasteiger partial charge in [0.2, 0.25) is 0 Å². The molecular weight excluding hydrogens is 500 g/mol. The van der Waals surface area contributed by atoms with Crippen molar-refractivity contribution in [3.05, 3.63) is 82.9 Å². The van der Waals surface area contributed by atoms with Crippen LogP contribution >= 0.6 is 23.4 Å². The third kappa shape index (κ3) is 6.24. The molecule has 0 saturated heterocycles. The number of hydrazone groups is 1. The van der Waals surface area contributed by atoms with Crippen LogP contribution < -0.4 is 14.9 Å². The Balaban J connectivity index is 1.42. The minimum atomic E-state index is -0.445. The largest absolute Gasteiger partial charge is 0.493 e. The Morgan fingerprint density at radius 3 is 2.67 bits per heavy atom. The topological polar surface area (TPSA) is 94.8 Å². The van der Waals surface area contributed by atoms with Gasteiger partial charge in [0.25, 0.3) is 5.91 Å². The van der Waals surface area contributed by atoms with Gasteiger partial charge in [0.1, 0.15) is 0 Å². The minimum Gasteiger partial charge on any atom is -0.493 e. The Kier molecular flexibility index (Phi) is 8.24. The Morgan fingerprint density at radius 2 is 1.89 bits per heavy atom. The predicted molar refractivity (Wildman–Crippen MR) is 141 cm³/mol. The second-order valence-electron chi connectivity index (χ2n) is 7.65. The third-order valence-corrected chi connectivity index (χ3v) is 6.43. The van der Waals surface area contributed by atoms with Crippen molar-refractivity contribution >= 4 is 52.5 Å². The monoisotopic (exact) mass is 522 g/mol. The SMILES string of the molecule is COc1cc(/C=N/NC(=O)CSc2nc3ccccc3n2Cc2ccccc2Cl)ccc1OC(C)=O. The molecule has 4 aromatic rings. The number of nitrogens with one attached hydrogen (secondary N) is 1. The number of hydrogen-bond donors (Lipinski definition) is 1. The van der Waals surface area contributed by atoms with Crippen LogP contribution in [0.5, 0.6) is 11.5 Å². The first-order valence-electron chi connectivity index (χ1n) is 10.9. The zero-order valence-electron chi connectivity index (χ0n) is 19.6. The summed E-state index contributed by atoms with van der Waals surface area (Å²) in [7, 11) is 1.47. The van der Waals surface area contributed by atoms with Crippen molar-refractivity contribution in [2.45, 2.75) is 18.6 Å². The molecule has 10 heteroatoms. The van der Waals surface area contributed by atoms with Crippen LogP contribution in [0.25, 0.3) is 11.0 Å². The van der Waals surface area contributed by atoms with E-state index in [1.165, 1.54) is 32.0 Å². The summed E-state index contributed by atoms with van der Waals surface area (Å²) in [5.74, 6) is 0.0874. The number of benzene rings is 3. The number of fused-ring (bicyclic) bond motifs is 1. The van der Waals surface area contributed by atoms with E-state index in [4.69, 9.17) is 26.1 Å². The van der Waals surface area contributed by atoms with Gasteiger partial charge >= 0.3 is 5.97 Å². The summed E-state index contributed by atoms with van der Waals surface area (Å²) < 4.78 is 12.4. The number of thioether (sulfide) groups is 1. The van der Waals surface area contributed by atoms with Crippen molar-refractivity contribution in [1.29, 1.82) is 0 Å². The first-order chi connectivity index (χ1) is 17.4. The van der Waals surface area contributed by atoms with Crippen LogP contribution in [0.2, 0.25) is 5.02 Å². The lowest BCUT2D eigenvalue weighted by Crippen LogP contribution is -2.20. The molecule has 36 heavy (non-hydrogen) atoms. The quantitative estimate of drug-likeness (QED) is 0.110. The summed E-state index contributed by atoms with van der Waals surface area (Å²) in [5, 5.41) is 5.40. The van der Waals surface area contributed by atoms with Crippen molar-refractivity contribution in [2.24, 2.45) is 5.10 Å². The molecule has 0 aliphatic heterocycles. The highest BCUT2D eigenvalue weighted by atomic mass is 35.5. The number of aromatic nitrogens is 2. The molecule has 0 saturated carbocycles. The van der Waals surface area contributed by atoms with Gasteiger partial charge < -0.3 is 14.0 Å². The average Bonchev–Trinajstić information content (AvgIpc) is 3.22. The summed E-state index contributed by atoms with van der Waals surface area (Å²) in [6, 6.07) is 20.4. The number of esters is 1. The number of amides is 1. The van der Waals surface area contributed by atoms with Gasteiger partial charge in [0.05, 0.1) is 36.7 Å². The van der Waals surface area contributed by atoms with E-state index in [2.05, 4.69) is 15.1 Å². The van der Waals surface area contributed by atoms with Gasteiger partial charge in [-0.1, -0.05) is 53.7 Å². The van der Waals surface area contributed by atoms with E-state index in [9.17, 15) is 9.59 Å². The van der Waals surface area contributed by atoms with Crippen molar-refractivity contribution in [3.8, 4) is 11.5 Å². The number of rotatable bonds is 9. The van der Waals surface area contributed by atoms with Crippen molar-refractivity contribution in [3.63, 3.8) is 0 Å². The molecule has 4 rings (SSSR count). The highest BCUT2D eigenvalue weighted by Gasteiger charge is 2.14. The predicted octanol–water partition coefficient (Wildman–Crippen LogP) is 4.91. The molecule has 8 nitrogen and oxygen atoms in total.